The van der Waals surface area contributed by atoms with Crippen LogP contribution < -0.4 is 9.64 Å². The molecule has 5 heterocycles. The Kier molecular flexibility index (Phi) is 2.87. The van der Waals surface area contributed by atoms with Crippen molar-refractivity contribution < 1.29 is 23.8 Å². The first kappa shape index (κ1) is 16.7. The molecule has 0 aliphatic carbocycles. The monoisotopic (exact) mass is 384 g/mol. The van der Waals surface area contributed by atoms with Crippen molar-refractivity contribution in [2.45, 2.75) is 48.5 Å². The molecule has 1 amide bonds. The first-order valence-electron chi connectivity index (χ1n) is 9.96. The van der Waals surface area contributed by atoms with E-state index < -0.39 is 16.7 Å². The van der Waals surface area contributed by atoms with Crippen molar-refractivity contribution >= 4 is 17.6 Å². The van der Waals surface area contributed by atoms with Crippen LogP contribution in [0, 0.1) is 5.92 Å². The van der Waals surface area contributed by atoms with Crippen molar-refractivity contribution in [1.82, 2.24) is 4.90 Å². The van der Waals surface area contributed by atoms with Crippen LogP contribution in [0.25, 0.3) is 0 Å². The Bertz CT molecular complexity index is 933. The summed E-state index contributed by atoms with van der Waals surface area (Å²) >= 11 is 0. The maximum absolute atomic E-state index is 13.1. The minimum Gasteiger partial charge on any atom is -0.497 e. The Labute approximate surface area is 163 Å². The van der Waals surface area contributed by atoms with E-state index >= 15 is 0 Å². The van der Waals surface area contributed by atoms with Crippen LogP contribution in [0.4, 0.5) is 5.69 Å². The van der Waals surface area contributed by atoms with E-state index in [1.807, 2.05) is 24.1 Å². The van der Waals surface area contributed by atoms with Crippen LogP contribution in [0.15, 0.2) is 18.2 Å². The lowest BCUT2D eigenvalue weighted by atomic mass is 9.56. The zero-order chi connectivity index (χ0) is 19.5. The Morgan fingerprint density at radius 3 is 2.89 bits per heavy atom. The summed E-state index contributed by atoms with van der Waals surface area (Å²) in [5, 5.41) is 0. The van der Waals surface area contributed by atoms with Gasteiger partial charge in [-0.05, 0) is 30.9 Å². The molecule has 1 aromatic rings. The van der Waals surface area contributed by atoms with Gasteiger partial charge in [0.15, 0.2) is 11.3 Å². The van der Waals surface area contributed by atoms with E-state index in [0.29, 0.717) is 19.4 Å². The first-order chi connectivity index (χ1) is 13.5. The van der Waals surface area contributed by atoms with Gasteiger partial charge in [0.2, 0.25) is 5.91 Å². The van der Waals surface area contributed by atoms with Crippen molar-refractivity contribution in [2.24, 2.45) is 5.92 Å². The van der Waals surface area contributed by atoms with Gasteiger partial charge < -0.3 is 24.0 Å². The number of piperidine rings is 1. The minimum absolute atomic E-state index is 0.138. The average molecular weight is 384 g/mol. The maximum atomic E-state index is 13.1. The number of carbonyl (C=O) groups excluding carboxylic acids is 2. The Morgan fingerprint density at radius 1 is 1.32 bits per heavy atom. The minimum atomic E-state index is -1.05. The number of nitrogens with zero attached hydrogens (tertiary/aromatic N) is 2. The van der Waals surface area contributed by atoms with Gasteiger partial charge in [0, 0.05) is 37.7 Å². The van der Waals surface area contributed by atoms with Gasteiger partial charge in [-0.2, -0.15) is 0 Å². The van der Waals surface area contributed by atoms with Gasteiger partial charge in [-0.3, -0.25) is 4.79 Å². The molecule has 4 fully saturated rings. The highest BCUT2D eigenvalue weighted by Crippen LogP contribution is 2.75. The van der Waals surface area contributed by atoms with E-state index in [2.05, 4.69) is 11.0 Å². The van der Waals surface area contributed by atoms with Crippen molar-refractivity contribution in [3.8, 4) is 5.75 Å². The first-order valence-corrected chi connectivity index (χ1v) is 9.96. The zero-order valence-corrected chi connectivity index (χ0v) is 16.4. The second-order valence-electron chi connectivity index (χ2n) is 8.78. The molecule has 1 aromatic carbocycles. The molecule has 7 nitrogen and oxygen atoms in total. The smallest absolute Gasteiger partial charge is 0.340 e. The summed E-state index contributed by atoms with van der Waals surface area (Å²) in [6.07, 6.45) is 2.69. The number of likely N-dealkylation sites (N-methyl/N-ethyl adjacent to an activating group) is 1. The molecule has 5 aliphatic rings. The van der Waals surface area contributed by atoms with Crippen LogP contribution in [0.5, 0.6) is 5.75 Å². The Hall–Kier alpha value is -2.28. The number of rotatable bonds is 2. The summed E-state index contributed by atoms with van der Waals surface area (Å²) in [5.74, 6) is 0.739. The molecule has 28 heavy (non-hydrogen) atoms. The number of esters is 1. The number of hydrogen-bond acceptors (Lipinski definition) is 6. The van der Waals surface area contributed by atoms with Gasteiger partial charge in [-0.1, -0.05) is 6.07 Å². The highest BCUT2D eigenvalue weighted by Gasteiger charge is 2.88. The van der Waals surface area contributed by atoms with Crippen molar-refractivity contribution in [2.75, 3.05) is 32.7 Å². The lowest BCUT2D eigenvalue weighted by molar-refractivity contribution is -0.195. The molecule has 5 atom stereocenters. The molecule has 0 N–H and O–H groups in total. The fourth-order valence-corrected chi connectivity index (χ4v) is 7.42. The number of hydrogen-bond donors (Lipinski definition) is 0. The van der Waals surface area contributed by atoms with Crippen LogP contribution in [0.3, 0.4) is 0 Å². The van der Waals surface area contributed by atoms with Gasteiger partial charge in [0.05, 0.1) is 25.7 Å². The molecular weight excluding hydrogens is 360 g/mol. The van der Waals surface area contributed by atoms with Crippen LogP contribution in [0.1, 0.15) is 31.2 Å². The maximum Gasteiger partial charge on any atom is 0.340 e. The summed E-state index contributed by atoms with van der Waals surface area (Å²) in [6, 6.07) is 5.92. The predicted molar refractivity (Wildman–Crippen MR) is 99.1 cm³/mol. The van der Waals surface area contributed by atoms with Crippen LogP contribution in [0.2, 0.25) is 0 Å². The van der Waals surface area contributed by atoms with Gasteiger partial charge in [0.25, 0.3) is 0 Å². The summed E-state index contributed by atoms with van der Waals surface area (Å²) in [4.78, 5) is 30.2. The normalized spacial score (nSPS) is 41.8. The predicted octanol–water partition coefficient (Wildman–Crippen LogP) is 1.44. The molecule has 148 valence electrons. The highest BCUT2D eigenvalue weighted by molar-refractivity contribution is 5.89. The quantitative estimate of drug-likeness (QED) is 0.719. The lowest BCUT2D eigenvalue weighted by Gasteiger charge is -2.51. The summed E-state index contributed by atoms with van der Waals surface area (Å²) in [5.41, 5.74) is -0.00970. The van der Waals surface area contributed by atoms with Crippen LogP contribution >= 0.6 is 0 Å². The molecule has 0 saturated carbocycles. The van der Waals surface area contributed by atoms with E-state index in [1.54, 1.807) is 7.11 Å². The van der Waals surface area contributed by atoms with E-state index in [4.69, 9.17) is 14.2 Å². The van der Waals surface area contributed by atoms with Crippen molar-refractivity contribution in [1.29, 1.82) is 0 Å². The summed E-state index contributed by atoms with van der Waals surface area (Å²) in [7, 11) is 5.10. The molecule has 6 rings (SSSR count). The molecule has 0 unspecified atom stereocenters. The van der Waals surface area contributed by atoms with Gasteiger partial charge in [-0.25, -0.2) is 4.79 Å². The number of benzene rings is 1. The molecule has 4 saturated heterocycles. The zero-order valence-electron chi connectivity index (χ0n) is 16.4. The molecular formula is C21H24N2O5. The molecule has 2 spiro atoms. The highest BCUT2D eigenvalue weighted by atomic mass is 16.6. The van der Waals surface area contributed by atoms with Gasteiger partial charge >= 0.3 is 5.97 Å². The molecule has 5 aliphatic heterocycles. The Balaban J connectivity index is 1.66. The third kappa shape index (κ3) is 1.39. The van der Waals surface area contributed by atoms with E-state index in [0.717, 1.165) is 29.8 Å². The number of carbonyl (C=O) groups is 2. The standard InChI is InChI=1S/C21H24N2O5/c1-22-15-10-13(26-2)5-6-14(15)19-8-9-23-16(24)7-4-12-11-20(17(19)22,18(25)27-3)28-21(12,19)23/h5-6,10,12,17H,4,7-9,11H2,1-3H3/t12-,17+,19-,20+,21-/m0/s1. The fourth-order valence-electron chi connectivity index (χ4n) is 7.42. The third-order valence-electron chi connectivity index (χ3n) is 8.11. The number of fused-ring (bicyclic) bond motifs is 3. The van der Waals surface area contributed by atoms with Crippen molar-refractivity contribution in [3.63, 3.8) is 0 Å². The lowest BCUT2D eigenvalue weighted by Crippen LogP contribution is -2.67. The second kappa shape index (κ2) is 4.82. The second-order valence-corrected chi connectivity index (χ2v) is 8.78. The van der Waals surface area contributed by atoms with Crippen LogP contribution in [-0.2, 0) is 24.5 Å². The average Bonchev–Trinajstić information content (AvgIpc) is 3.38. The molecule has 2 bridgehead atoms. The van der Waals surface area contributed by atoms with Crippen LogP contribution in [-0.4, -0.2) is 62.0 Å². The molecule has 0 radical (unpaired) electrons. The summed E-state index contributed by atoms with van der Waals surface area (Å²) in [6.45, 7) is 0.669. The third-order valence-corrected chi connectivity index (χ3v) is 8.11. The Morgan fingerprint density at radius 2 is 2.14 bits per heavy atom. The van der Waals surface area contributed by atoms with E-state index in [1.165, 1.54) is 7.11 Å². The van der Waals surface area contributed by atoms with Gasteiger partial charge in [0.1, 0.15) is 5.75 Å². The number of methoxy groups -OCH3 is 2. The van der Waals surface area contributed by atoms with Gasteiger partial charge in [-0.15, -0.1) is 0 Å². The largest absolute Gasteiger partial charge is 0.497 e. The number of anilines is 1. The fraction of sp³-hybridized carbons (Fsp3) is 0.619. The molecule has 7 heteroatoms. The SMILES string of the molecule is COC(=O)[C@@]12C[C@@H]3CCC(=O)N4CC[C@@]5(c6ccc(OC)cc6N(C)[C@@H]15)[C@@]34O2. The number of amides is 1. The van der Waals surface area contributed by atoms with E-state index in [9.17, 15) is 9.59 Å². The van der Waals surface area contributed by atoms with Crippen molar-refractivity contribution in [3.05, 3.63) is 23.8 Å². The summed E-state index contributed by atoms with van der Waals surface area (Å²) < 4.78 is 17.5. The number of ether oxygens (including phenoxy) is 3. The molecule has 0 aromatic heterocycles. The topological polar surface area (TPSA) is 68.3 Å². The van der Waals surface area contributed by atoms with E-state index in [-0.39, 0.29) is 23.8 Å².